The van der Waals surface area contributed by atoms with Crippen LogP contribution in [0.4, 0.5) is 5.69 Å². The normalized spacial score (nSPS) is 24.6. The van der Waals surface area contributed by atoms with E-state index in [9.17, 15) is 8.42 Å². The maximum absolute atomic E-state index is 12.2. The molecule has 0 radical (unpaired) electrons. The number of sulfonamides is 1. The number of nitrogens with one attached hydrogen (secondary N) is 3. The van der Waals surface area contributed by atoms with E-state index in [0.717, 1.165) is 12.8 Å². The van der Waals surface area contributed by atoms with Gasteiger partial charge in [-0.1, -0.05) is 6.07 Å². The van der Waals surface area contributed by atoms with E-state index in [4.69, 9.17) is 12.2 Å². The standard InChI is InChI=1S/C16H26N4O2S2/c1-11-8-14(9-12(2)17-11)19-16(23)18-13-6-5-7-15(10-13)24(21,22)20(3)4/h5-7,10-12,14,17H,8-9H2,1-4H3,(H2,18,19,23)/t11-,12+,14?. The molecule has 0 saturated carbocycles. The third-order valence-electron chi connectivity index (χ3n) is 4.05. The van der Waals surface area contributed by atoms with Gasteiger partial charge < -0.3 is 16.0 Å². The summed E-state index contributed by atoms with van der Waals surface area (Å²) in [5.41, 5.74) is 0.658. The first-order chi connectivity index (χ1) is 11.2. The monoisotopic (exact) mass is 370 g/mol. The minimum absolute atomic E-state index is 0.240. The molecule has 24 heavy (non-hydrogen) atoms. The molecule has 1 aromatic rings. The summed E-state index contributed by atoms with van der Waals surface area (Å²) >= 11 is 5.38. The molecule has 1 heterocycles. The van der Waals surface area contributed by atoms with Crippen molar-refractivity contribution in [2.24, 2.45) is 0 Å². The smallest absolute Gasteiger partial charge is 0.242 e. The summed E-state index contributed by atoms with van der Waals surface area (Å²) in [5, 5.41) is 10.4. The predicted octanol–water partition coefficient (Wildman–Crippen LogP) is 1.75. The lowest BCUT2D eigenvalue weighted by molar-refractivity contribution is 0.303. The molecule has 6 nitrogen and oxygen atoms in total. The molecule has 1 unspecified atom stereocenters. The first-order valence-electron chi connectivity index (χ1n) is 8.04. The van der Waals surface area contributed by atoms with E-state index in [1.807, 2.05) is 0 Å². The first kappa shape index (κ1) is 19.1. The third kappa shape index (κ3) is 4.89. The molecule has 2 rings (SSSR count). The molecule has 1 aliphatic rings. The van der Waals surface area contributed by atoms with Gasteiger partial charge in [-0.15, -0.1) is 0 Å². The van der Waals surface area contributed by atoms with Crippen molar-refractivity contribution in [3.63, 3.8) is 0 Å². The zero-order valence-electron chi connectivity index (χ0n) is 14.5. The lowest BCUT2D eigenvalue weighted by atomic mass is 9.95. The topological polar surface area (TPSA) is 73.5 Å². The number of piperidine rings is 1. The van der Waals surface area contributed by atoms with E-state index >= 15 is 0 Å². The summed E-state index contributed by atoms with van der Waals surface area (Å²) in [4.78, 5) is 0.240. The molecular weight excluding hydrogens is 344 g/mol. The summed E-state index contributed by atoms with van der Waals surface area (Å²) in [6.07, 6.45) is 2.00. The SMILES string of the molecule is C[C@@H]1CC(NC(=S)Nc2cccc(S(=O)(=O)N(C)C)c2)C[C@H](C)N1. The largest absolute Gasteiger partial charge is 0.360 e. The highest BCUT2D eigenvalue weighted by atomic mass is 32.2. The van der Waals surface area contributed by atoms with Gasteiger partial charge in [0, 0.05) is 37.9 Å². The molecule has 1 fully saturated rings. The van der Waals surface area contributed by atoms with Crippen LogP contribution >= 0.6 is 12.2 Å². The zero-order valence-corrected chi connectivity index (χ0v) is 16.2. The fraction of sp³-hybridized carbons (Fsp3) is 0.562. The highest BCUT2D eigenvalue weighted by molar-refractivity contribution is 7.89. The fourth-order valence-electron chi connectivity index (χ4n) is 2.99. The van der Waals surface area contributed by atoms with Crippen molar-refractivity contribution < 1.29 is 8.42 Å². The average Bonchev–Trinajstić information content (AvgIpc) is 2.45. The molecule has 0 aliphatic carbocycles. The molecular formula is C16H26N4O2S2. The van der Waals surface area contributed by atoms with Crippen LogP contribution in [0.3, 0.4) is 0 Å². The van der Waals surface area contributed by atoms with E-state index in [1.165, 1.54) is 18.4 Å². The molecule has 3 atom stereocenters. The summed E-state index contributed by atoms with van der Waals surface area (Å²) < 4.78 is 25.6. The van der Waals surface area contributed by atoms with Crippen LogP contribution in [0.2, 0.25) is 0 Å². The Balaban J connectivity index is 2.02. The molecule has 1 aromatic carbocycles. The maximum atomic E-state index is 12.2. The minimum Gasteiger partial charge on any atom is -0.360 e. The summed E-state index contributed by atoms with van der Waals surface area (Å²) in [6.45, 7) is 4.33. The van der Waals surface area contributed by atoms with Crippen LogP contribution in [-0.4, -0.2) is 50.1 Å². The quantitative estimate of drug-likeness (QED) is 0.702. The Bertz CT molecular complexity index is 681. The van der Waals surface area contributed by atoms with Gasteiger partial charge in [0.25, 0.3) is 0 Å². The van der Waals surface area contributed by atoms with Gasteiger partial charge in [-0.05, 0) is 57.1 Å². The molecule has 134 valence electrons. The molecule has 0 aromatic heterocycles. The number of benzene rings is 1. The lowest BCUT2D eigenvalue weighted by Gasteiger charge is -2.34. The van der Waals surface area contributed by atoms with E-state index in [-0.39, 0.29) is 4.90 Å². The Morgan fingerprint density at radius 1 is 1.25 bits per heavy atom. The van der Waals surface area contributed by atoms with Gasteiger partial charge in [0.05, 0.1) is 4.90 Å². The van der Waals surface area contributed by atoms with Gasteiger partial charge >= 0.3 is 0 Å². The number of anilines is 1. The Morgan fingerprint density at radius 2 is 1.88 bits per heavy atom. The van der Waals surface area contributed by atoms with Gasteiger partial charge in [-0.3, -0.25) is 0 Å². The molecule has 1 aliphatic heterocycles. The van der Waals surface area contributed by atoms with Crippen molar-refractivity contribution >= 4 is 33.0 Å². The second kappa shape index (κ2) is 7.77. The average molecular weight is 371 g/mol. The summed E-state index contributed by atoms with van der Waals surface area (Å²) in [7, 11) is -0.426. The van der Waals surface area contributed by atoms with Crippen molar-refractivity contribution in [1.29, 1.82) is 0 Å². The van der Waals surface area contributed by atoms with Gasteiger partial charge in [0.2, 0.25) is 10.0 Å². The Hall–Kier alpha value is -1.22. The molecule has 0 bridgehead atoms. The highest BCUT2D eigenvalue weighted by Crippen LogP contribution is 2.18. The second-order valence-electron chi connectivity index (χ2n) is 6.55. The lowest BCUT2D eigenvalue weighted by Crippen LogP contribution is -2.51. The van der Waals surface area contributed by atoms with Crippen molar-refractivity contribution in [1.82, 2.24) is 14.9 Å². The second-order valence-corrected chi connectivity index (χ2v) is 9.11. The van der Waals surface area contributed by atoms with E-state index in [1.54, 1.807) is 24.3 Å². The zero-order chi connectivity index (χ0) is 17.9. The van der Waals surface area contributed by atoms with Gasteiger partial charge in [0.15, 0.2) is 5.11 Å². The van der Waals surface area contributed by atoms with Crippen LogP contribution in [0.25, 0.3) is 0 Å². The number of hydrogen-bond acceptors (Lipinski definition) is 4. The molecule has 3 N–H and O–H groups in total. The minimum atomic E-state index is -3.46. The summed E-state index contributed by atoms with van der Waals surface area (Å²) in [6, 6.07) is 7.88. The predicted molar refractivity (Wildman–Crippen MR) is 102 cm³/mol. The van der Waals surface area contributed by atoms with E-state index in [0.29, 0.717) is 28.9 Å². The summed E-state index contributed by atoms with van der Waals surface area (Å²) in [5.74, 6) is 0. The van der Waals surface area contributed by atoms with E-state index < -0.39 is 10.0 Å². The highest BCUT2D eigenvalue weighted by Gasteiger charge is 2.23. The Kier molecular flexibility index (Phi) is 6.19. The van der Waals surface area contributed by atoms with Crippen molar-refractivity contribution in [2.45, 2.75) is 49.7 Å². The van der Waals surface area contributed by atoms with Crippen LogP contribution in [-0.2, 0) is 10.0 Å². The fourth-order valence-corrected chi connectivity index (χ4v) is 4.22. The number of rotatable bonds is 4. The third-order valence-corrected chi connectivity index (χ3v) is 6.08. The Morgan fingerprint density at radius 3 is 2.46 bits per heavy atom. The van der Waals surface area contributed by atoms with Crippen LogP contribution < -0.4 is 16.0 Å². The number of nitrogens with zero attached hydrogens (tertiary/aromatic N) is 1. The first-order valence-corrected chi connectivity index (χ1v) is 9.89. The Labute approximate surface area is 150 Å². The van der Waals surface area contributed by atoms with Crippen LogP contribution in [0.1, 0.15) is 26.7 Å². The number of thiocarbonyl (C=S) groups is 1. The number of hydrogen-bond donors (Lipinski definition) is 3. The molecule has 8 heteroatoms. The van der Waals surface area contributed by atoms with Gasteiger partial charge in [-0.2, -0.15) is 0 Å². The van der Waals surface area contributed by atoms with Crippen molar-refractivity contribution in [3.05, 3.63) is 24.3 Å². The van der Waals surface area contributed by atoms with Gasteiger partial charge in [-0.25, -0.2) is 12.7 Å². The molecule has 0 amide bonds. The van der Waals surface area contributed by atoms with Gasteiger partial charge in [0.1, 0.15) is 0 Å². The van der Waals surface area contributed by atoms with Crippen molar-refractivity contribution in [3.8, 4) is 0 Å². The maximum Gasteiger partial charge on any atom is 0.242 e. The van der Waals surface area contributed by atoms with Crippen LogP contribution in [0.15, 0.2) is 29.2 Å². The molecule has 0 spiro atoms. The van der Waals surface area contributed by atoms with E-state index in [2.05, 4.69) is 29.8 Å². The van der Waals surface area contributed by atoms with Crippen LogP contribution in [0, 0.1) is 0 Å². The van der Waals surface area contributed by atoms with Crippen molar-refractivity contribution in [2.75, 3.05) is 19.4 Å². The molecule has 1 saturated heterocycles. The van der Waals surface area contributed by atoms with Crippen LogP contribution in [0.5, 0.6) is 0 Å².